The lowest BCUT2D eigenvalue weighted by atomic mass is 9.46. The third-order valence-electron chi connectivity index (χ3n) is 7.90. The van der Waals surface area contributed by atoms with Crippen molar-refractivity contribution < 1.29 is 4.74 Å². The number of nitrogens with one attached hydrogen (secondary N) is 1. The van der Waals surface area contributed by atoms with Gasteiger partial charge < -0.3 is 15.0 Å². The van der Waals surface area contributed by atoms with Crippen molar-refractivity contribution in [3.63, 3.8) is 0 Å². The number of hydrogen-bond donors (Lipinski definition) is 1. The smallest absolute Gasteiger partial charge is 0.194 e. The Morgan fingerprint density at radius 1 is 1.12 bits per heavy atom. The van der Waals surface area contributed by atoms with E-state index in [1.807, 2.05) is 0 Å². The molecule has 24 heavy (non-hydrogen) atoms. The molecular weight excluding hydrogens is 298 g/mol. The molecule has 0 amide bonds. The molecule has 0 aromatic heterocycles. The fourth-order valence-corrected chi connectivity index (χ4v) is 6.56. The molecule has 5 unspecified atom stereocenters. The van der Waals surface area contributed by atoms with Crippen LogP contribution in [0.5, 0.6) is 0 Å². The van der Waals surface area contributed by atoms with Crippen LogP contribution in [0.1, 0.15) is 58.3 Å². The maximum absolute atomic E-state index is 6.09. The van der Waals surface area contributed by atoms with E-state index in [-0.39, 0.29) is 0 Å². The largest absolute Gasteiger partial charge is 0.377 e. The van der Waals surface area contributed by atoms with Crippen molar-refractivity contribution in [1.29, 1.82) is 0 Å². The second-order valence-electron chi connectivity index (χ2n) is 8.96. The number of ether oxygens (including phenoxy) is 1. The predicted octanol–water partition coefficient (Wildman–Crippen LogP) is 3.03. The Kier molecular flexibility index (Phi) is 3.80. The van der Waals surface area contributed by atoms with Crippen LogP contribution in [0.25, 0.3) is 0 Å². The standard InChI is InChI=1S/C20H33N3O/c1-2-21-19(23-12-14-6-3-4-7-15(14)13-23)22-17-16-8-11-24-18(16)20(17)9-5-10-20/h14-18H,2-13H2,1H3,(H,21,22). The molecule has 5 rings (SSSR count). The minimum Gasteiger partial charge on any atom is -0.377 e. The van der Waals surface area contributed by atoms with Gasteiger partial charge in [0.2, 0.25) is 0 Å². The minimum absolute atomic E-state index is 0.447. The molecule has 5 fully saturated rings. The second-order valence-corrected chi connectivity index (χ2v) is 8.96. The number of likely N-dealkylation sites (tertiary alicyclic amines) is 1. The Balaban J connectivity index is 1.31. The van der Waals surface area contributed by atoms with E-state index in [2.05, 4.69) is 17.1 Å². The predicted molar refractivity (Wildman–Crippen MR) is 96.1 cm³/mol. The Morgan fingerprint density at radius 3 is 2.50 bits per heavy atom. The number of guanidine groups is 1. The van der Waals surface area contributed by atoms with Gasteiger partial charge in [0.15, 0.2) is 5.96 Å². The molecule has 2 heterocycles. The summed E-state index contributed by atoms with van der Waals surface area (Å²) in [6, 6.07) is 0.617. The van der Waals surface area contributed by atoms with Gasteiger partial charge in [0.1, 0.15) is 0 Å². The molecule has 4 heteroatoms. The number of hydrogen-bond acceptors (Lipinski definition) is 2. The zero-order chi connectivity index (χ0) is 16.1. The summed E-state index contributed by atoms with van der Waals surface area (Å²) in [5.74, 6) is 3.79. The highest BCUT2D eigenvalue weighted by atomic mass is 16.5. The quantitative estimate of drug-likeness (QED) is 0.624. The Bertz CT molecular complexity index is 501. The Labute approximate surface area is 146 Å². The molecule has 5 atom stereocenters. The van der Waals surface area contributed by atoms with Crippen LogP contribution in [0.15, 0.2) is 4.99 Å². The van der Waals surface area contributed by atoms with Crippen molar-refractivity contribution in [2.24, 2.45) is 28.2 Å². The first-order valence-electron chi connectivity index (χ1n) is 10.5. The lowest BCUT2D eigenvalue weighted by Crippen LogP contribution is -2.72. The third-order valence-corrected chi connectivity index (χ3v) is 7.90. The molecule has 2 aliphatic heterocycles. The summed E-state index contributed by atoms with van der Waals surface area (Å²) in [5.41, 5.74) is 0.447. The van der Waals surface area contributed by atoms with Crippen LogP contribution < -0.4 is 5.32 Å². The van der Waals surface area contributed by atoms with E-state index in [0.29, 0.717) is 17.6 Å². The molecule has 3 aliphatic carbocycles. The van der Waals surface area contributed by atoms with E-state index in [4.69, 9.17) is 9.73 Å². The average molecular weight is 332 g/mol. The van der Waals surface area contributed by atoms with Crippen molar-refractivity contribution in [3.8, 4) is 0 Å². The molecule has 0 aromatic carbocycles. The summed E-state index contributed by atoms with van der Waals surface area (Å²) in [6.07, 6.45) is 11.7. The highest BCUT2D eigenvalue weighted by Gasteiger charge is 2.67. The molecule has 0 radical (unpaired) electrons. The van der Waals surface area contributed by atoms with Gasteiger partial charge in [0.05, 0.1) is 6.10 Å². The molecule has 0 aromatic rings. The molecule has 1 spiro atoms. The van der Waals surface area contributed by atoms with Gasteiger partial charge in [-0.05, 0) is 50.9 Å². The van der Waals surface area contributed by atoms with Gasteiger partial charge in [0, 0.05) is 43.6 Å². The third kappa shape index (κ3) is 2.17. The second kappa shape index (κ2) is 5.89. The maximum atomic E-state index is 6.09. The van der Waals surface area contributed by atoms with E-state index in [9.17, 15) is 0 Å². The molecule has 4 nitrogen and oxygen atoms in total. The normalized spacial score (nSPS) is 43.1. The van der Waals surface area contributed by atoms with Crippen molar-refractivity contribution in [2.75, 3.05) is 26.2 Å². The summed E-state index contributed by atoms with van der Waals surface area (Å²) in [7, 11) is 0. The van der Waals surface area contributed by atoms with Gasteiger partial charge in [-0.3, -0.25) is 4.99 Å². The van der Waals surface area contributed by atoms with E-state index in [1.165, 1.54) is 70.4 Å². The first-order valence-corrected chi connectivity index (χ1v) is 10.5. The first-order chi connectivity index (χ1) is 11.8. The Hall–Kier alpha value is -0.770. The van der Waals surface area contributed by atoms with Crippen molar-refractivity contribution in [3.05, 3.63) is 0 Å². The zero-order valence-electron chi connectivity index (χ0n) is 15.2. The topological polar surface area (TPSA) is 36.9 Å². The van der Waals surface area contributed by atoms with Crippen LogP contribution in [-0.4, -0.2) is 49.2 Å². The Morgan fingerprint density at radius 2 is 1.88 bits per heavy atom. The summed E-state index contributed by atoms with van der Waals surface area (Å²) in [4.78, 5) is 7.51. The number of nitrogens with zero attached hydrogens (tertiary/aromatic N) is 2. The zero-order valence-corrected chi connectivity index (χ0v) is 15.2. The highest BCUT2D eigenvalue weighted by molar-refractivity contribution is 5.81. The van der Waals surface area contributed by atoms with E-state index >= 15 is 0 Å². The lowest BCUT2D eigenvalue weighted by Gasteiger charge is -2.63. The highest BCUT2D eigenvalue weighted by Crippen LogP contribution is 2.62. The molecule has 134 valence electrons. The average Bonchev–Trinajstić information content (AvgIpc) is 3.15. The number of aliphatic imine (C=N–C) groups is 1. The van der Waals surface area contributed by atoms with Crippen molar-refractivity contribution in [2.45, 2.75) is 70.4 Å². The molecule has 3 saturated carbocycles. The fraction of sp³-hybridized carbons (Fsp3) is 0.950. The van der Waals surface area contributed by atoms with Gasteiger partial charge in [-0.25, -0.2) is 0 Å². The summed E-state index contributed by atoms with van der Waals surface area (Å²) in [5, 5.41) is 3.97. The van der Waals surface area contributed by atoms with Gasteiger partial charge in [-0.2, -0.15) is 0 Å². The van der Waals surface area contributed by atoms with Crippen molar-refractivity contribution >= 4 is 5.96 Å². The summed E-state index contributed by atoms with van der Waals surface area (Å²) >= 11 is 0. The van der Waals surface area contributed by atoms with E-state index in [1.54, 1.807) is 0 Å². The molecule has 2 saturated heterocycles. The minimum atomic E-state index is 0.447. The van der Waals surface area contributed by atoms with Crippen LogP contribution in [0.3, 0.4) is 0 Å². The van der Waals surface area contributed by atoms with E-state index < -0.39 is 0 Å². The number of rotatable bonds is 2. The van der Waals surface area contributed by atoms with Gasteiger partial charge in [0.25, 0.3) is 0 Å². The van der Waals surface area contributed by atoms with Gasteiger partial charge >= 0.3 is 0 Å². The summed E-state index contributed by atoms with van der Waals surface area (Å²) < 4.78 is 6.09. The molecule has 5 aliphatic rings. The van der Waals surface area contributed by atoms with Gasteiger partial charge in [-0.1, -0.05) is 19.3 Å². The maximum Gasteiger partial charge on any atom is 0.194 e. The monoisotopic (exact) mass is 331 g/mol. The summed E-state index contributed by atoms with van der Waals surface area (Å²) in [6.45, 7) is 6.51. The molecule has 0 bridgehead atoms. The number of fused-ring (bicyclic) bond motifs is 3. The molecular formula is C20H33N3O. The van der Waals surface area contributed by atoms with Crippen LogP contribution in [-0.2, 0) is 4.74 Å². The first kappa shape index (κ1) is 15.5. The van der Waals surface area contributed by atoms with Gasteiger partial charge in [-0.15, -0.1) is 0 Å². The van der Waals surface area contributed by atoms with Crippen LogP contribution in [0, 0.1) is 23.2 Å². The van der Waals surface area contributed by atoms with Crippen LogP contribution >= 0.6 is 0 Å². The SMILES string of the molecule is CCN=C(NC1C2CCOC2C12CCC2)N1CC2CCCCC2C1. The van der Waals surface area contributed by atoms with E-state index in [0.717, 1.165) is 30.9 Å². The fourth-order valence-electron chi connectivity index (χ4n) is 6.56. The lowest BCUT2D eigenvalue weighted by molar-refractivity contribution is -0.171. The van der Waals surface area contributed by atoms with Crippen molar-refractivity contribution in [1.82, 2.24) is 10.2 Å². The van der Waals surface area contributed by atoms with Crippen LogP contribution in [0.2, 0.25) is 0 Å². The molecule has 1 N–H and O–H groups in total. The van der Waals surface area contributed by atoms with Crippen LogP contribution in [0.4, 0.5) is 0 Å².